The van der Waals surface area contributed by atoms with Gasteiger partial charge in [0.15, 0.2) is 0 Å². The molecule has 2 saturated heterocycles. The number of fused-ring (bicyclic) bond motifs is 2. The number of nitrogens with zero attached hydrogens (tertiary/aromatic N) is 2. The Kier molecular flexibility index (Phi) is 11.5. The quantitative estimate of drug-likeness (QED) is 0.313. The van der Waals surface area contributed by atoms with Crippen LogP contribution in [0, 0.1) is 11.7 Å². The number of aromatic nitrogens is 1. The molecule has 0 spiro atoms. The minimum Gasteiger partial charge on any atom is -0.453 e. The first-order valence-corrected chi connectivity index (χ1v) is 18.1. The Labute approximate surface area is 282 Å². The van der Waals surface area contributed by atoms with Crippen molar-refractivity contribution in [3.05, 3.63) is 64.2 Å². The summed E-state index contributed by atoms with van der Waals surface area (Å²) in [5.41, 5.74) is -1.10. The van der Waals surface area contributed by atoms with Crippen molar-refractivity contribution in [2.45, 2.75) is 87.6 Å². The third-order valence-electron chi connectivity index (χ3n) is 9.69. The lowest BCUT2D eigenvalue weighted by Crippen LogP contribution is -2.57. The Balaban J connectivity index is 1.41. The molecule has 1 aliphatic carbocycles. The van der Waals surface area contributed by atoms with E-state index in [1.165, 1.54) is 12.1 Å². The lowest BCUT2D eigenvalue weighted by atomic mass is 9.80. The summed E-state index contributed by atoms with van der Waals surface area (Å²) in [6.45, 7) is 0.985. The van der Waals surface area contributed by atoms with Crippen molar-refractivity contribution in [3.8, 4) is 0 Å². The van der Waals surface area contributed by atoms with Crippen molar-refractivity contribution in [1.29, 1.82) is 0 Å². The first kappa shape index (κ1) is 36.3. The molecule has 5 rings (SSSR count). The number of carbonyl (C=O) groups is 2. The largest absolute Gasteiger partial charge is 0.453 e. The van der Waals surface area contributed by atoms with Crippen molar-refractivity contribution < 1.29 is 40.3 Å². The standard InChI is InChI=1S/C32H40ClF4N5O5S/c1-47-31(44)41-29(28(20-9-11-25(33)26(34)14-20)21-13-22(16-38-15-21)32(35,36)37)30(43)40-27-7-3-2-5-19(27)8-10-24-17-39-23-6-4-12-48(45,46)42(24)18-23/h9,11,13-16,19,23-24,27-29,39H,2-8,10,12,17-18H2,1H3,(H,40,43)(H,41,44)/t19-,23-,24+,27+,28+,29+/m1/s1. The summed E-state index contributed by atoms with van der Waals surface area (Å²) < 4.78 is 88.3. The number of sulfonamides is 1. The van der Waals surface area contributed by atoms with E-state index in [1.807, 2.05) is 0 Å². The van der Waals surface area contributed by atoms with Gasteiger partial charge in [-0.1, -0.05) is 30.5 Å². The normalized spacial score (nSPS) is 26.8. The number of rotatable bonds is 9. The summed E-state index contributed by atoms with van der Waals surface area (Å²) in [7, 11) is -2.29. The number of hydrogen-bond acceptors (Lipinski definition) is 7. The zero-order chi connectivity index (χ0) is 34.6. The van der Waals surface area contributed by atoms with Crippen LogP contribution in [0.5, 0.6) is 0 Å². The van der Waals surface area contributed by atoms with Gasteiger partial charge in [0.05, 0.1) is 23.4 Å². The summed E-state index contributed by atoms with van der Waals surface area (Å²) in [4.78, 5) is 30.5. The number of halogens is 5. The van der Waals surface area contributed by atoms with E-state index in [0.29, 0.717) is 45.0 Å². The van der Waals surface area contributed by atoms with Crippen LogP contribution in [0.25, 0.3) is 0 Å². The SMILES string of the molecule is COC(=O)N[C@H](C(=O)N[C@H]1CCCC[C@@H]1CC[C@H]1CN[C@@H]2CCCS(=O)(=O)N1C2)[C@H](c1cncc(C(F)(F)F)c1)c1ccc(Cl)c(F)c1. The molecule has 1 unspecified atom stereocenters. The van der Waals surface area contributed by atoms with E-state index in [-0.39, 0.29) is 45.9 Å². The van der Waals surface area contributed by atoms with Crippen LogP contribution < -0.4 is 16.0 Å². The number of ether oxygens (including phenoxy) is 1. The van der Waals surface area contributed by atoms with Crippen LogP contribution in [-0.4, -0.2) is 79.8 Å². The lowest BCUT2D eigenvalue weighted by Gasteiger charge is -2.39. The molecule has 10 nitrogen and oxygen atoms in total. The Morgan fingerprint density at radius 1 is 1.10 bits per heavy atom. The van der Waals surface area contributed by atoms with Gasteiger partial charge in [0, 0.05) is 49.5 Å². The monoisotopic (exact) mass is 717 g/mol. The van der Waals surface area contributed by atoms with Crippen LogP contribution in [0.2, 0.25) is 5.02 Å². The van der Waals surface area contributed by atoms with Crippen LogP contribution in [0.3, 0.4) is 0 Å². The zero-order valence-electron chi connectivity index (χ0n) is 26.4. The second kappa shape index (κ2) is 15.3. The fourth-order valence-electron chi connectivity index (χ4n) is 7.22. The second-order valence-corrected chi connectivity index (χ2v) is 15.2. The molecule has 16 heteroatoms. The molecule has 264 valence electrons. The maximum atomic E-state index is 14.7. The Morgan fingerprint density at radius 2 is 1.88 bits per heavy atom. The van der Waals surface area contributed by atoms with Crippen molar-refractivity contribution in [2.75, 3.05) is 26.0 Å². The smallest absolute Gasteiger partial charge is 0.417 e. The molecule has 0 radical (unpaired) electrons. The van der Waals surface area contributed by atoms with Crippen molar-refractivity contribution in [2.24, 2.45) is 5.92 Å². The Bertz CT molecular complexity index is 1580. The summed E-state index contributed by atoms with van der Waals surface area (Å²) in [5.74, 6) is -2.78. The lowest BCUT2D eigenvalue weighted by molar-refractivity contribution is -0.137. The van der Waals surface area contributed by atoms with E-state index < -0.39 is 51.5 Å². The summed E-state index contributed by atoms with van der Waals surface area (Å²) in [5, 5.41) is 8.73. The summed E-state index contributed by atoms with van der Waals surface area (Å²) in [6.07, 6.45) is 1.74. The van der Waals surface area contributed by atoms with Gasteiger partial charge < -0.3 is 20.7 Å². The number of carbonyl (C=O) groups excluding carboxylic acids is 2. The van der Waals surface area contributed by atoms with E-state index >= 15 is 0 Å². The maximum Gasteiger partial charge on any atom is 0.417 e. The molecule has 3 fully saturated rings. The Morgan fingerprint density at radius 3 is 2.60 bits per heavy atom. The van der Waals surface area contributed by atoms with Gasteiger partial charge >= 0.3 is 12.3 Å². The molecule has 7 atom stereocenters. The molecule has 3 heterocycles. The maximum absolute atomic E-state index is 14.7. The molecule has 48 heavy (non-hydrogen) atoms. The second-order valence-electron chi connectivity index (χ2n) is 12.8. The minimum atomic E-state index is -4.76. The van der Waals surface area contributed by atoms with Gasteiger partial charge in [0.1, 0.15) is 11.9 Å². The highest BCUT2D eigenvalue weighted by atomic mass is 35.5. The molecule has 2 aromatic rings. The van der Waals surface area contributed by atoms with Crippen LogP contribution >= 0.6 is 11.6 Å². The van der Waals surface area contributed by atoms with Crippen LogP contribution in [0.4, 0.5) is 22.4 Å². The highest BCUT2D eigenvalue weighted by Crippen LogP contribution is 2.36. The van der Waals surface area contributed by atoms with Crippen LogP contribution in [0.15, 0.2) is 36.7 Å². The van der Waals surface area contributed by atoms with E-state index in [9.17, 15) is 35.6 Å². The average Bonchev–Trinajstić information content (AvgIpc) is 3.16. The fourth-order valence-corrected chi connectivity index (χ4v) is 9.14. The fraction of sp³-hybridized carbons (Fsp3) is 0.594. The number of alkyl halides is 3. The highest BCUT2D eigenvalue weighted by Gasteiger charge is 2.41. The van der Waals surface area contributed by atoms with Gasteiger partial charge in [-0.3, -0.25) is 9.78 Å². The third kappa shape index (κ3) is 8.58. The number of methoxy groups -OCH3 is 1. The van der Waals surface area contributed by atoms with Gasteiger partial charge in [-0.05, 0) is 73.8 Å². The molecule has 3 N–H and O–H groups in total. The predicted molar refractivity (Wildman–Crippen MR) is 170 cm³/mol. The number of hydrogen-bond donors (Lipinski definition) is 3. The number of piperazine rings is 1. The average molecular weight is 718 g/mol. The van der Waals surface area contributed by atoms with Crippen molar-refractivity contribution >= 4 is 33.6 Å². The molecule has 3 aliphatic rings. The molecule has 1 saturated carbocycles. The first-order valence-electron chi connectivity index (χ1n) is 16.1. The predicted octanol–water partition coefficient (Wildman–Crippen LogP) is 4.97. The number of pyridine rings is 1. The molecule has 2 bridgehead atoms. The first-order chi connectivity index (χ1) is 22.8. The summed E-state index contributed by atoms with van der Waals surface area (Å²) in [6, 6.07) is 2.44. The topological polar surface area (TPSA) is 130 Å². The van der Waals surface area contributed by atoms with Gasteiger partial charge in [-0.15, -0.1) is 0 Å². The van der Waals surface area contributed by atoms with Gasteiger partial charge in [-0.2, -0.15) is 17.5 Å². The zero-order valence-corrected chi connectivity index (χ0v) is 28.0. The molecule has 2 aliphatic heterocycles. The third-order valence-corrected chi connectivity index (χ3v) is 12.0. The van der Waals surface area contributed by atoms with E-state index in [0.717, 1.165) is 51.1 Å². The van der Waals surface area contributed by atoms with Crippen LogP contribution in [0.1, 0.15) is 74.0 Å². The number of benzene rings is 1. The molecular formula is C32H40ClF4N5O5S. The number of amides is 2. The van der Waals surface area contributed by atoms with Gasteiger partial charge in [0.25, 0.3) is 0 Å². The molecule has 1 aromatic heterocycles. The number of alkyl carbamates (subject to hydrolysis) is 1. The van der Waals surface area contributed by atoms with Gasteiger partial charge in [-0.25, -0.2) is 17.6 Å². The highest BCUT2D eigenvalue weighted by molar-refractivity contribution is 7.89. The van der Waals surface area contributed by atoms with E-state index in [2.05, 4.69) is 20.9 Å². The van der Waals surface area contributed by atoms with Crippen LogP contribution in [-0.2, 0) is 25.7 Å². The minimum absolute atomic E-state index is 0.0180. The van der Waals surface area contributed by atoms with E-state index in [1.54, 1.807) is 4.31 Å². The van der Waals surface area contributed by atoms with Crippen molar-refractivity contribution in [3.63, 3.8) is 0 Å². The molecule has 1 aromatic carbocycles. The molecular weight excluding hydrogens is 678 g/mol. The van der Waals surface area contributed by atoms with Gasteiger partial charge in [0.2, 0.25) is 15.9 Å². The Hall–Kier alpha value is -3.01. The van der Waals surface area contributed by atoms with Crippen molar-refractivity contribution in [1.82, 2.24) is 25.2 Å². The number of nitrogens with one attached hydrogen (secondary N) is 3. The van der Waals surface area contributed by atoms with E-state index in [4.69, 9.17) is 16.3 Å². The summed E-state index contributed by atoms with van der Waals surface area (Å²) >= 11 is 5.90. The molecule has 2 amide bonds.